The van der Waals surface area contributed by atoms with Gasteiger partial charge in [0.05, 0.1) is 15.6 Å². The van der Waals surface area contributed by atoms with Crippen molar-refractivity contribution in [3.63, 3.8) is 0 Å². The molecule has 0 spiro atoms. The van der Waals surface area contributed by atoms with Crippen molar-refractivity contribution in [3.8, 4) is 17.4 Å². The van der Waals surface area contributed by atoms with Crippen LogP contribution < -0.4 is 5.32 Å². The zero-order valence-corrected chi connectivity index (χ0v) is 17.6. The van der Waals surface area contributed by atoms with E-state index >= 15 is 0 Å². The van der Waals surface area contributed by atoms with Crippen molar-refractivity contribution < 1.29 is 9.21 Å². The lowest BCUT2D eigenvalue weighted by molar-refractivity contribution is -0.111. The highest BCUT2D eigenvalue weighted by Crippen LogP contribution is 2.38. The molecule has 1 aliphatic rings. The summed E-state index contributed by atoms with van der Waals surface area (Å²) in [7, 11) is 0. The smallest absolute Gasteiger partial charge is 0.249 e. The van der Waals surface area contributed by atoms with Crippen molar-refractivity contribution >= 4 is 51.5 Å². The molecular weight excluding hydrogens is 427 g/mol. The number of halogens is 2. The van der Waals surface area contributed by atoms with Crippen LogP contribution in [0.5, 0.6) is 0 Å². The second-order valence-corrected chi connectivity index (χ2v) is 8.54. The molecule has 3 aromatic rings. The van der Waals surface area contributed by atoms with Gasteiger partial charge in [0.2, 0.25) is 5.91 Å². The van der Waals surface area contributed by atoms with Crippen LogP contribution in [0.15, 0.2) is 40.8 Å². The third-order valence-corrected chi connectivity index (χ3v) is 6.79. The number of nitrogens with one attached hydrogen (secondary N) is 1. The van der Waals surface area contributed by atoms with E-state index in [1.807, 2.05) is 6.07 Å². The van der Waals surface area contributed by atoms with Crippen LogP contribution in [0.2, 0.25) is 10.0 Å². The lowest BCUT2D eigenvalue weighted by Crippen LogP contribution is -2.07. The van der Waals surface area contributed by atoms with Crippen molar-refractivity contribution in [2.24, 2.45) is 0 Å². The van der Waals surface area contributed by atoms with E-state index in [-0.39, 0.29) is 5.91 Å². The van der Waals surface area contributed by atoms with E-state index in [2.05, 4.69) is 11.4 Å². The van der Waals surface area contributed by atoms with E-state index in [9.17, 15) is 10.1 Å². The van der Waals surface area contributed by atoms with E-state index in [0.29, 0.717) is 37.7 Å². The third-order valence-electron chi connectivity index (χ3n) is 4.76. The fourth-order valence-corrected chi connectivity index (χ4v) is 5.00. The average molecular weight is 443 g/mol. The number of furan rings is 1. The first-order chi connectivity index (χ1) is 14.1. The van der Waals surface area contributed by atoms with E-state index in [4.69, 9.17) is 27.6 Å². The highest BCUT2D eigenvalue weighted by molar-refractivity contribution is 7.16. The molecule has 0 radical (unpaired) electrons. The maximum atomic E-state index is 12.4. The van der Waals surface area contributed by atoms with Crippen molar-refractivity contribution in [2.75, 3.05) is 5.32 Å². The summed E-state index contributed by atoms with van der Waals surface area (Å²) < 4.78 is 5.76. The van der Waals surface area contributed by atoms with Crippen LogP contribution >= 0.6 is 34.5 Å². The number of amides is 1. The average Bonchev–Trinajstić information content (AvgIpc) is 3.32. The van der Waals surface area contributed by atoms with Gasteiger partial charge >= 0.3 is 0 Å². The van der Waals surface area contributed by atoms with Crippen LogP contribution in [0.25, 0.3) is 17.4 Å². The Balaban J connectivity index is 1.49. The molecule has 7 heteroatoms. The van der Waals surface area contributed by atoms with Crippen LogP contribution in [-0.4, -0.2) is 5.91 Å². The quantitative estimate of drug-likeness (QED) is 0.456. The third kappa shape index (κ3) is 4.11. The predicted octanol–water partition coefficient (Wildman–Crippen LogP) is 6.72. The van der Waals surface area contributed by atoms with E-state index in [1.165, 1.54) is 22.3 Å². The number of nitriles is 1. The lowest BCUT2D eigenvalue weighted by atomic mass is 9.96. The normalized spacial score (nSPS) is 13.3. The highest BCUT2D eigenvalue weighted by Gasteiger charge is 2.21. The van der Waals surface area contributed by atoms with Gasteiger partial charge in [-0.05, 0) is 61.6 Å². The Morgan fingerprint density at radius 3 is 2.86 bits per heavy atom. The Hall–Kier alpha value is -2.52. The molecule has 0 saturated heterocycles. The maximum absolute atomic E-state index is 12.4. The monoisotopic (exact) mass is 442 g/mol. The number of nitrogens with zero attached hydrogens (tertiary/aromatic N) is 1. The van der Waals surface area contributed by atoms with Gasteiger partial charge in [-0.1, -0.05) is 29.3 Å². The maximum Gasteiger partial charge on any atom is 0.249 e. The first kappa shape index (κ1) is 19.8. The molecule has 4 nitrogen and oxygen atoms in total. The summed E-state index contributed by atoms with van der Waals surface area (Å²) in [5, 5.41) is 13.8. The lowest BCUT2D eigenvalue weighted by Gasteiger charge is -2.09. The summed E-state index contributed by atoms with van der Waals surface area (Å²) >= 11 is 13.8. The molecule has 2 heterocycles. The summed E-state index contributed by atoms with van der Waals surface area (Å²) in [6.07, 6.45) is 7.06. The molecule has 2 aromatic heterocycles. The van der Waals surface area contributed by atoms with Gasteiger partial charge in [0.1, 0.15) is 22.6 Å². The summed E-state index contributed by atoms with van der Waals surface area (Å²) in [5.41, 5.74) is 2.38. The minimum Gasteiger partial charge on any atom is -0.457 e. The van der Waals surface area contributed by atoms with Crippen LogP contribution in [0.1, 0.15) is 34.6 Å². The molecule has 29 heavy (non-hydrogen) atoms. The number of benzene rings is 1. The molecule has 0 atom stereocenters. The minimum atomic E-state index is -0.307. The minimum absolute atomic E-state index is 0.307. The van der Waals surface area contributed by atoms with Gasteiger partial charge in [-0.15, -0.1) is 11.3 Å². The number of hydrogen-bond acceptors (Lipinski definition) is 4. The number of hydrogen-bond donors (Lipinski definition) is 1. The second-order valence-electron chi connectivity index (χ2n) is 6.65. The fraction of sp³-hybridized carbons (Fsp3) is 0.182. The molecule has 0 fully saturated rings. The first-order valence-electron chi connectivity index (χ1n) is 9.14. The first-order valence-corrected chi connectivity index (χ1v) is 10.7. The largest absolute Gasteiger partial charge is 0.457 e. The molecule has 1 aromatic carbocycles. The Morgan fingerprint density at radius 2 is 2.03 bits per heavy atom. The summed E-state index contributed by atoms with van der Waals surface area (Å²) in [4.78, 5) is 13.6. The molecule has 0 aliphatic heterocycles. The van der Waals surface area contributed by atoms with Crippen molar-refractivity contribution in [1.82, 2.24) is 0 Å². The molecule has 146 valence electrons. The SMILES string of the molecule is N#Cc1c(NC(=O)C=Cc2ccc(-c3cccc(Cl)c3Cl)o2)sc2c1CCCC2. The van der Waals surface area contributed by atoms with Gasteiger partial charge in [0.25, 0.3) is 0 Å². The van der Waals surface area contributed by atoms with Gasteiger partial charge in [-0.25, -0.2) is 0 Å². The molecular formula is C22H16Cl2N2O2S. The number of carbonyl (C=O) groups excluding carboxylic acids is 1. The predicted molar refractivity (Wildman–Crippen MR) is 118 cm³/mol. The zero-order chi connectivity index (χ0) is 20.4. The molecule has 4 rings (SSSR count). The molecule has 1 amide bonds. The van der Waals surface area contributed by atoms with Crippen LogP contribution in [0.3, 0.4) is 0 Å². The Morgan fingerprint density at radius 1 is 1.21 bits per heavy atom. The summed E-state index contributed by atoms with van der Waals surface area (Å²) in [6, 6.07) is 11.1. The molecule has 1 N–H and O–H groups in total. The standard InChI is InChI=1S/C22H16Cl2N2O2S/c23-17-6-3-5-15(21(17)24)18-10-8-13(28-18)9-11-20(27)26-22-16(12-25)14-4-1-2-7-19(14)29-22/h3,5-6,8-11H,1-2,4,7H2,(H,26,27). The number of rotatable bonds is 4. The Labute approximate surface area is 182 Å². The zero-order valence-electron chi connectivity index (χ0n) is 15.3. The summed E-state index contributed by atoms with van der Waals surface area (Å²) in [5.74, 6) is 0.770. The second kappa shape index (κ2) is 8.46. The van der Waals surface area contributed by atoms with E-state index in [1.54, 1.807) is 30.3 Å². The number of aryl methyl sites for hydroxylation is 1. The van der Waals surface area contributed by atoms with E-state index < -0.39 is 0 Å². The van der Waals surface area contributed by atoms with Crippen molar-refractivity contribution in [1.29, 1.82) is 5.26 Å². The Bertz CT molecular complexity index is 1150. The van der Waals surface area contributed by atoms with E-state index in [0.717, 1.165) is 31.2 Å². The highest BCUT2D eigenvalue weighted by atomic mass is 35.5. The number of anilines is 1. The number of carbonyl (C=O) groups is 1. The van der Waals surface area contributed by atoms with Gasteiger partial charge in [0, 0.05) is 16.5 Å². The molecule has 0 saturated carbocycles. The molecule has 1 aliphatic carbocycles. The van der Waals surface area contributed by atoms with Crippen molar-refractivity contribution in [2.45, 2.75) is 25.7 Å². The summed E-state index contributed by atoms with van der Waals surface area (Å²) in [6.45, 7) is 0. The van der Waals surface area contributed by atoms with Crippen molar-refractivity contribution in [3.05, 3.63) is 68.2 Å². The topological polar surface area (TPSA) is 66.0 Å². The van der Waals surface area contributed by atoms with Crippen LogP contribution in [0, 0.1) is 11.3 Å². The molecule has 0 unspecified atom stereocenters. The van der Waals surface area contributed by atoms with Gasteiger partial charge < -0.3 is 9.73 Å². The van der Waals surface area contributed by atoms with Crippen LogP contribution in [-0.2, 0) is 17.6 Å². The van der Waals surface area contributed by atoms with Gasteiger partial charge in [0.15, 0.2) is 0 Å². The number of fused-ring (bicyclic) bond motifs is 1. The Kier molecular flexibility index (Phi) is 5.77. The molecule has 0 bridgehead atoms. The number of thiophene rings is 1. The van der Waals surface area contributed by atoms with Crippen LogP contribution in [0.4, 0.5) is 5.00 Å². The van der Waals surface area contributed by atoms with Gasteiger partial charge in [-0.2, -0.15) is 5.26 Å². The van der Waals surface area contributed by atoms with Gasteiger partial charge in [-0.3, -0.25) is 4.79 Å². The fourth-order valence-electron chi connectivity index (χ4n) is 3.36.